The van der Waals surface area contributed by atoms with Gasteiger partial charge in [0, 0.05) is 11.5 Å². The molecule has 1 aliphatic heterocycles. The zero-order valence-electron chi connectivity index (χ0n) is 22.5. The monoisotopic (exact) mass is 534 g/mol. The Balaban J connectivity index is 1.39. The Kier molecular flexibility index (Phi) is 7.15. The van der Waals surface area contributed by atoms with Gasteiger partial charge in [-0.15, -0.1) is 0 Å². The second kappa shape index (κ2) is 11.2. The van der Waals surface area contributed by atoms with E-state index in [1.807, 2.05) is 91.0 Å². The molecule has 6 rings (SSSR count). The first-order chi connectivity index (χ1) is 19.6. The number of hydrogen-bond acceptors (Lipinski definition) is 6. The fourth-order valence-corrected chi connectivity index (χ4v) is 5.38. The molecule has 0 aromatic heterocycles. The zero-order chi connectivity index (χ0) is 27.5. The Morgan fingerprint density at radius 2 is 1.35 bits per heavy atom. The van der Waals surface area contributed by atoms with E-state index in [0.29, 0.717) is 54.8 Å². The summed E-state index contributed by atoms with van der Waals surface area (Å²) < 4.78 is 29.3. The second-order valence-corrected chi connectivity index (χ2v) is 9.86. The Bertz CT molecular complexity index is 1560. The number of cyclic esters (lactones) is 1. The highest BCUT2D eigenvalue weighted by Crippen LogP contribution is 2.47. The lowest BCUT2D eigenvalue weighted by Crippen LogP contribution is -2.17. The average molecular weight is 535 g/mol. The molecule has 6 heteroatoms. The number of carbonyl (C=O) groups excluding carboxylic acids is 1. The molecule has 0 amide bonds. The third-order valence-corrected chi connectivity index (χ3v) is 7.36. The van der Waals surface area contributed by atoms with Crippen molar-refractivity contribution in [2.45, 2.75) is 19.6 Å². The Labute approximate surface area is 233 Å². The molecule has 1 heterocycles. The minimum absolute atomic E-state index is 0.0317. The molecule has 0 saturated carbocycles. The van der Waals surface area contributed by atoms with Crippen molar-refractivity contribution < 1.29 is 28.5 Å². The molecule has 0 radical (unpaired) electrons. The molecule has 1 atom stereocenters. The lowest BCUT2D eigenvalue weighted by molar-refractivity contribution is -0.135. The highest BCUT2D eigenvalue weighted by Gasteiger charge is 2.39. The fraction of sp³-hybridized carbons (Fsp3) is 0.206. The van der Waals surface area contributed by atoms with Crippen molar-refractivity contribution >= 4 is 11.5 Å². The van der Waals surface area contributed by atoms with Gasteiger partial charge in [0.1, 0.15) is 13.2 Å². The minimum Gasteiger partial charge on any atom is -0.493 e. The molecule has 6 nitrogen and oxygen atoms in total. The molecular formula is C34H30O6. The van der Waals surface area contributed by atoms with Gasteiger partial charge in [-0.05, 0) is 58.5 Å². The van der Waals surface area contributed by atoms with Crippen LogP contribution in [0.15, 0.2) is 96.6 Å². The number of ether oxygens (including phenoxy) is 5. The van der Waals surface area contributed by atoms with E-state index in [2.05, 4.69) is 0 Å². The van der Waals surface area contributed by atoms with Crippen molar-refractivity contribution in [2.24, 2.45) is 5.92 Å². The molecule has 0 N–H and O–H groups in total. The molecule has 1 unspecified atom stereocenters. The molecule has 4 aromatic carbocycles. The van der Waals surface area contributed by atoms with Gasteiger partial charge < -0.3 is 23.7 Å². The van der Waals surface area contributed by atoms with Crippen molar-refractivity contribution in [3.63, 3.8) is 0 Å². The molecule has 2 aliphatic rings. The van der Waals surface area contributed by atoms with Crippen LogP contribution in [0.3, 0.4) is 0 Å². The van der Waals surface area contributed by atoms with Crippen LogP contribution in [-0.4, -0.2) is 26.8 Å². The maximum Gasteiger partial charge on any atom is 0.335 e. The van der Waals surface area contributed by atoms with Crippen molar-refractivity contribution in [1.29, 1.82) is 0 Å². The summed E-state index contributed by atoms with van der Waals surface area (Å²) in [6.07, 6.45) is 0.685. The maximum atomic E-state index is 13.0. The maximum absolute atomic E-state index is 13.0. The standard InChI is InChI=1S/C34H30O6/c1-36-29-16-24(13-14-28(29)38-19-22-9-5-3-6-10-22)32-27-18-31(39-20-23-11-7-4-8-12-23)30(37-2)17-25(27)15-26-21-40-34(35)33(26)32/h3-14,16-18,26H,15,19-21H2,1-2H3. The van der Waals surface area contributed by atoms with Crippen LogP contribution < -0.4 is 18.9 Å². The predicted octanol–water partition coefficient (Wildman–Crippen LogP) is 6.39. The van der Waals surface area contributed by atoms with Gasteiger partial charge >= 0.3 is 5.97 Å². The van der Waals surface area contributed by atoms with Gasteiger partial charge in [0.05, 0.1) is 26.4 Å². The van der Waals surface area contributed by atoms with Crippen molar-refractivity contribution in [3.8, 4) is 23.0 Å². The summed E-state index contributed by atoms with van der Waals surface area (Å²) >= 11 is 0. The summed E-state index contributed by atoms with van der Waals surface area (Å²) in [7, 11) is 3.26. The number of benzene rings is 4. The van der Waals surface area contributed by atoms with Crippen molar-refractivity contribution in [3.05, 3.63) is 124 Å². The summed E-state index contributed by atoms with van der Waals surface area (Å²) in [6, 6.07) is 29.7. The van der Waals surface area contributed by atoms with Crippen LogP contribution in [0.5, 0.6) is 23.0 Å². The zero-order valence-corrected chi connectivity index (χ0v) is 22.5. The number of esters is 1. The molecule has 1 aliphatic carbocycles. The molecule has 0 spiro atoms. The first-order valence-corrected chi connectivity index (χ1v) is 13.3. The number of methoxy groups -OCH3 is 2. The van der Waals surface area contributed by atoms with Crippen LogP contribution in [0.4, 0.5) is 0 Å². The van der Waals surface area contributed by atoms with E-state index in [4.69, 9.17) is 23.7 Å². The first kappa shape index (κ1) is 25.6. The summed E-state index contributed by atoms with van der Waals surface area (Å²) in [6.45, 7) is 1.18. The largest absolute Gasteiger partial charge is 0.493 e. The lowest BCUT2D eigenvalue weighted by atomic mass is 9.77. The van der Waals surface area contributed by atoms with E-state index < -0.39 is 0 Å². The summed E-state index contributed by atoms with van der Waals surface area (Å²) in [5.74, 6) is 2.18. The molecule has 202 valence electrons. The van der Waals surface area contributed by atoms with Gasteiger partial charge in [0.2, 0.25) is 0 Å². The van der Waals surface area contributed by atoms with Gasteiger partial charge in [-0.25, -0.2) is 4.79 Å². The van der Waals surface area contributed by atoms with Crippen LogP contribution in [0, 0.1) is 5.92 Å². The third-order valence-electron chi connectivity index (χ3n) is 7.36. The normalized spacial score (nSPS) is 15.7. The van der Waals surface area contributed by atoms with E-state index in [1.165, 1.54) is 0 Å². The number of hydrogen-bond donors (Lipinski definition) is 0. The van der Waals surface area contributed by atoms with Crippen LogP contribution in [-0.2, 0) is 29.2 Å². The van der Waals surface area contributed by atoms with Crippen LogP contribution in [0.25, 0.3) is 5.57 Å². The second-order valence-electron chi connectivity index (χ2n) is 9.86. The van der Waals surface area contributed by atoms with Crippen LogP contribution in [0.2, 0.25) is 0 Å². The summed E-state index contributed by atoms with van der Waals surface area (Å²) in [4.78, 5) is 13.0. The number of carbonyl (C=O) groups is 1. The predicted molar refractivity (Wildman–Crippen MR) is 152 cm³/mol. The van der Waals surface area contributed by atoms with Crippen molar-refractivity contribution in [2.75, 3.05) is 20.8 Å². The summed E-state index contributed by atoms with van der Waals surface area (Å²) in [5, 5.41) is 0. The van der Waals surface area contributed by atoms with E-state index in [0.717, 1.165) is 33.4 Å². The molecule has 1 fully saturated rings. The average Bonchev–Trinajstić information content (AvgIpc) is 3.38. The Hall–Kier alpha value is -4.71. The first-order valence-electron chi connectivity index (χ1n) is 13.3. The fourth-order valence-electron chi connectivity index (χ4n) is 5.38. The highest BCUT2D eigenvalue weighted by molar-refractivity contribution is 6.05. The van der Waals surface area contributed by atoms with Gasteiger partial charge in [-0.3, -0.25) is 0 Å². The van der Waals surface area contributed by atoms with E-state index in [-0.39, 0.29) is 11.9 Å². The number of fused-ring (bicyclic) bond motifs is 2. The lowest BCUT2D eigenvalue weighted by Gasteiger charge is -2.26. The van der Waals surface area contributed by atoms with Crippen LogP contribution >= 0.6 is 0 Å². The Morgan fingerprint density at radius 3 is 2.00 bits per heavy atom. The topological polar surface area (TPSA) is 63.2 Å². The van der Waals surface area contributed by atoms with E-state index >= 15 is 0 Å². The summed E-state index contributed by atoms with van der Waals surface area (Å²) in [5.41, 5.74) is 6.48. The van der Waals surface area contributed by atoms with Gasteiger partial charge in [-0.1, -0.05) is 66.7 Å². The van der Waals surface area contributed by atoms with E-state index in [1.54, 1.807) is 14.2 Å². The third kappa shape index (κ3) is 5.00. The van der Waals surface area contributed by atoms with Gasteiger partial charge in [0.15, 0.2) is 23.0 Å². The minimum atomic E-state index is -0.281. The highest BCUT2D eigenvalue weighted by atomic mass is 16.5. The molecular weight excluding hydrogens is 504 g/mol. The molecule has 40 heavy (non-hydrogen) atoms. The van der Waals surface area contributed by atoms with Gasteiger partial charge in [-0.2, -0.15) is 0 Å². The smallest absolute Gasteiger partial charge is 0.335 e. The van der Waals surface area contributed by atoms with Crippen molar-refractivity contribution in [1.82, 2.24) is 0 Å². The van der Waals surface area contributed by atoms with Crippen LogP contribution in [0.1, 0.15) is 27.8 Å². The molecule has 4 aromatic rings. The number of rotatable bonds is 9. The SMILES string of the molecule is COc1cc(C2=C3C(=O)OCC3Cc3cc(OC)c(OCc4ccccc4)cc32)ccc1OCc1ccccc1. The molecule has 0 bridgehead atoms. The molecule has 1 saturated heterocycles. The van der Waals surface area contributed by atoms with E-state index in [9.17, 15) is 4.79 Å². The quantitative estimate of drug-likeness (QED) is 0.232. The van der Waals surface area contributed by atoms with Gasteiger partial charge in [0.25, 0.3) is 0 Å². The Morgan fingerprint density at radius 1 is 0.725 bits per heavy atom.